The van der Waals surface area contributed by atoms with E-state index in [4.69, 9.17) is 9.84 Å². The molecule has 3 unspecified atom stereocenters. The van der Waals surface area contributed by atoms with E-state index in [2.05, 4.69) is 12.2 Å². The predicted octanol–water partition coefficient (Wildman–Crippen LogP) is 1.94. The summed E-state index contributed by atoms with van der Waals surface area (Å²) >= 11 is 0. The number of ether oxygens (including phenoxy) is 1. The molecule has 0 saturated heterocycles. The van der Waals surface area contributed by atoms with E-state index in [1.165, 1.54) is 32.1 Å². The first kappa shape index (κ1) is 13.9. The lowest BCUT2D eigenvalue weighted by Gasteiger charge is -2.32. The standard InChI is InChI=1S/C13H27NO2/c1-3-11-5-4-6-12(9-11)14-13(7-8-15)10-16-2/h11-15H,3-10H2,1-2H3. The van der Waals surface area contributed by atoms with Gasteiger partial charge in [-0.3, -0.25) is 0 Å². The molecule has 0 spiro atoms. The van der Waals surface area contributed by atoms with Gasteiger partial charge in [0.05, 0.1) is 6.61 Å². The van der Waals surface area contributed by atoms with Crippen LogP contribution < -0.4 is 5.32 Å². The van der Waals surface area contributed by atoms with E-state index in [1.807, 2.05) is 0 Å². The third-order valence-corrected chi connectivity index (χ3v) is 3.68. The number of rotatable bonds is 7. The number of aliphatic hydroxyl groups is 1. The molecule has 0 aromatic heterocycles. The highest BCUT2D eigenvalue weighted by molar-refractivity contribution is 4.80. The molecule has 1 rings (SSSR count). The minimum absolute atomic E-state index is 0.241. The number of methoxy groups -OCH3 is 1. The Bertz CT molecular complexity index is 169. The lowest BCUT2D eigenvalue weighted by atomic mass is 9.84. The molecule has 2 N–H and O–H groups in total. The van der Waals surface area contributed by atoms with Gasteiger partial charge >= 0.3 is 0 Å². The smallest absolute Gasteiger partial charge is 0.0616 e. The molecule has 0 bridgehead atoms. The van der Waals surface area contributed by atoms with E-state index < -0.39 is 0 Å². The molecule has 3 atom stereocenters. The van der Waals surface area contributed by atoms with Gasteiger partial charge in [0.25, 0.3) is 0 Å². The number of aliphatic hydroxyl groups excluding tert-OH is 1. The summed E-state index contributed by atoms with van der Waals surface area (Å²) in [5.41, 5.74) is 0. The van der Waals surface area contributed by atoms with E-state index in [0.29, 0.717) is 18.7 Å². The fraction of sp³-hybridized carbons (Fsp3) is 1.00. The normalized spacial score (nSPS) is 27.9. The maximum atomic E-state index is 9.00. The lowest BCUT2D eigenvalue weighted by Crippen LogP contribution is -2.43. The first-order valence-corrected chi connectivity index (χ1v) is 6.66. The Balaban J connectivity index is 2.31. The van der Waals surface area contributed by atoms with Gasteiger partial charge in [0, 0.05) is 25.8 Å². The van der Waals surface area contributed by atoms with Crippen molar-refractivity contribution in [1.29, 1.82) is 0 Å². The Kier molecular flexibility index (Phi) is 7.01. The van der Waals surface area contributed by atoms with E-state index >= 15 is 0 Å². The van der Waals surface area contributed by atoms with E-state index in [-0.39, 0.29) is 6.61 Å². The predicted molar refractivity (Wildman–Crippen MR) is 66.5 cm³/mol. The van der Waals surface area contributed by atoms with Crippen LogP contribution in [0.25, 0.3) is 0 Å². The summed E-state index contributed by atoms with van der Waals surface area (Å²) in [6.07, 6.45) is 7.40. The van der Waals surface area contributed by atoms with Crippen LogP contribution in [-0.4, -0.2) is 37.5 Å². The van der Waals surface area contributed by atoms with Crippen molar-refractivity contribution in [2.75, 3.05) is 20.3 Å². The second kappa shape index (κ2) is 8.04. The molecule has 0 aliphatic heterocycles. The minimum atomic E-state index is 0.241. The molecule has 0 aromatic carbocycles. The summed E-state index contributed by atoms with van der Waals surface area (Å²) in [7, 11) is 1.72. The van der Waals surface area contributed by atoms with Crippen LogP contribution in [-0.2, 0) is 4.74 Å². The van der Waals surface area contributed by atoms with Crippen molar-refractivity contribution < 1.29 is 9.84 Å². The molecule has 0 amide bonds. The first-order valence-electron chi connectivity index (χ1n) is 6.66. The summed E-state index contributed by atoms with van der Waals surface area (Å²) < 4.78 is 5.18. The molecule has 0 radical (unpaired) electrons. The second-order valence-corrected chi connectivity index (χ2v) is 4.97. The van der Waals surface area contributed by atoms with Gasteiger partial charge in [-0.2, -0.15) is 0 Å². The zero-order valence-electron chi connectivity index (χ0n) is 10.7. The molecular formula is C13H27NO2. The molecule has 3 nitrogen and oxygen atoms in total. The summed E-state index contributed by atoms with van der Waals surface area (Å²) in [6.45, 7) is 3.23. The highest BCUT2D eigenvalue weighted by atomic mass is 16.5. The van der Waals surface area contributed by atoms with Crippen molar-refractivity contribution in [3.63, 3.8) is 0 Å². The van der Waals surface area contributed by atoms with Crippen molar-refractivity contribution in [3.05, 3.63) is 0 Å². The van der Waals surface area contributed by atoms with Gasteiger partial charge in [0.15, 0.2) is 0 Å². The summed E-state index contributed by atoms with van der Waals surface area (Å²) in [5.74, 6) is 0.892. The molecule has 1 aliphatic carbocycles. The molecule has 96 valence electrons. The molecule has 1 saturated carbocycles. The zero-order chi connectivity index (χ0) is 11.8. The van der Waals surface area contributed by atoms with Crippen LogP contribution in [0.5, 0.6) is 0 Å². The fourth-order valence-corrected chi connectivity index (χ4v) is 2.72. The maximum absolute atomic E-state index is 9.00. The van der Waals surface area contributed by atoms with Crippen molar-refractivity contribution in [2.45, 2.75) is 57.5 Å². The molecular weight excluding hydrogens is 202 g/mol. The van der Waals surface area contributed by atoms with Crippen LogP contribution >= 0.6 is 0 Å². The number of hydrogen-bond donors (Lipinski definition) is 2. The van der Waals surface area contributed by atoms with E-state index in [9.17, 15) is 0 Å². The van der Waals surface area contributed by atoms with Crippen LogP contribution in [0.4, 0.5) is 0 Å². The Hall–Kier alpha value is -0.120. The highest BCUT2D eigenvalue weighted by Crippen LogP contribution is 2.26. The largest absolute Gasteiger partial charge is 0.396 e. The second-order valence-electron chi connectivity index (χ2n) is 4.97. The topological polar surface area (TPSA) is 41.5 Å². The average molecular weight is 229 g/mol. The van der Waals surface area contributed by atoms with Gasteiger partial charge in [-0.25, -0.2) is 0 Å². The summed E-state index contributed by atoms with van der Waals surface area (Å²) in [4.78, 5) is 0. The van der Waals surface area contributed by atoms with Crippen molar-refractivity contribution in [1.82, 2.24) is 5.32 Å². The lowest BCUT2D eigenvalue weighted by molar-refractivity contribution is 0.133. The van der Waals surface area contributed by atoms with Crippen molar-refractivity contribution in [2.24, 2.45) is 5.92 Å². The van der Waals surface area contributed by atoms with Crippen LogP contribution in [0.1, 0.15) is 45.4 Å². The Morgan fingerprint density at radius 3 is 2.88 bits per heavy atom. The quantitative estimate of drug-likeness (QED) is 0.701. The highest BCUT2D eigenvalue weighted by Gasteiger charge is 2.22. The zero-order valence-corrected chi connectivity index (χ0v) is 10.7. The molecule has 1 fully saturated rings. The van der Waals surface area contributed by atoms with Crippen LogP contribution in [0.2, 0.25) is 0 Å². The van der Waals surface area contributed by atoms with E-state index in [1.54, 1.807) is 7.11 Å². The van der Waals surface area contributed by atoms with Gasteiger partial charge < -0.3 is 15.2 Å². The Labute approximate surface area is 99.6 Å². The Morgan fingerprint density at radius 2 is 2.25 bits per heavy atom. The molecule has 1 aliphatic rings. The third kappa shape index (κ3) is 4.81. The maximum Gasteiger partial charge on any atom is 0.0616 e. The van der Waals surface area contributed by atoms with Gasteiger partial charge in [-0.15, -0.1) is 0 Å². The monoisotopic (exact) mass is 229 g/mol. The SMILES string of the molecule is CCC1CCCC(NC(CCO)COC)C1. The van der Waals surface area contributed by atoms with Crippen molar-refractivity contribution >= 4 is 0 Å². The van der Waals surface area contributed by atoms with Crippen LogP contribution in [0.3, 0.4) is 0 Å². The fourth-order valence-electron chi connectivity index (χ4n) is 2.72. The van der Waals surface area contributed by atoms with Gasteiger partial charge in [-0.1, -0.05) is 26.2 Å². The van der Waals surface area contributed by atoms with Gasteiger partial charge in [0.1, 0.15) is 0 Å². The first-order chi connectivity index (χ1) is 7.80. The van der Waals surface area contributed by atoms with Crippen LogP contribution in [0, 0.1) is 5.92 Å². The Morgan fingerprint density at radius 1 is 1.44 bits per heavy atom. The van der Waals surface area contributed by atoms with E-state index in [0.717, 1.165) is 12.3 Å². The molecule has 3 heteroatoms. The van der Waals surface area contributed by atoms with Crippen molar-refractivity contribution in [3.8, 4) is 0 Å². The number of nitrogens with one attached hydrogen (secondary N) is 1. The molecule has 0 heterocycles. The summed E-state index contributed by atoms with van der Waals surface area (Å²) in [5, 5.41) is 12.6. The minimum Gasteiger partial charge on any atom is -0.396 e. The molecule has 0 aromatic rings. The third-order valence-electron chi connectivity index (χ3n) is 3.68. The van der Waals surface area contributed by atoms with Gasteiger partial charge in [0.2, 0.25) is 0 Å². The van der Waals surface area contributed by atoms with Crippen LogP contribution in [0.15, 0.2) is 0 Å². The number of hydrogen-bond acceptors (Lipinski definition) is 3. The van der Waals surface area contributed by atoms with Gasteiger partial charge in [-0.05, 0) is 25.2 Å². The average Bonchev–Trinajstić information content (AvgIpc) is 2.30. The molecule has 16 heavy (non-hydrogen) atoms. The summed E-state index contributed by atoms with van der Waals surface area (Å²) in [6, 6.07) is 0.945.